The van der Waals surface area contributed by atoms with Gasteiger partial charge < -0.3 is 9.64 Å². The van der Waals surface area contributed by atoms with Gasteiger partial charge in [0.15, 0.2) is 0 Å². The Balaban J connectivity index is 1.24. The van der Waals surface area contributed by atoms with Gasteiger partial charge in [0.2, 0.25) is 0 Å². The highest BCUT2D eigenvalue weighted by molar-refractivity contribution is 7.99. The Bertz CT molecular complexity index is 732. The van der Waals surface area contributed by atoms with Crippen LogP contribution >= 0.6 is 11.8 Å². The van der Waals surface area contributed by atoms with Gasteiger partial charge >= 0.3 is 0 Å². The second-order valence-corrected chi connectivity index (χ2v) is 9.68. The summed E-state index contributed by atoms with van der Waals surface area (Å²) in [4.78, 5) is 4.24. The lowest BCUT2D eigenvalue weighted by Gasteiger charge is -2.40. The first-order chi connectivity index (χ1) is 13.7. The molecule has 2 aliphatic heterocycles. The molecule has 1 saturated heterocycles. The molecule has 3 heteroatoms. The summed E-state index contributed by atoms with van der Waals surface area (Å²) in [5.74, 6) is 2.07. The maximum atomic E-state index is 6.13. The molecule has 0 radical (unpaired) electrons. The Kier molecular flexibility index (Phi) is 6.45. The monoisotopic (exact) mass is 395 g/mol. The van der Waals surface area contributed by atoms with Crippen molar-refractivity contribution in [1.82, 2.24) is 4.90 Å². The van der Waals surface area contributed by atoms with E-state index in [0.717, 1.165) is 11.5 Å². The van der Waals surface area contributed by atoms with E-state index in [4.69, 9.17) is 4.74 Å². The lowest BCUT2D eigenvalue weighted by atomic mass is 9.74. The van der Waals surface area contributed by atoms with Crippen LogP contribution in [0.4, 0.5) is 0 Å². The zero-order valence-corrected chi connectivity index (χ0v) is 17.8. The summed E-state index contributed by atoms with van der Waals surface area (Å²) in [6.45, 7) is 12.0. The van der Waals surface area contributed by atoms with E-state index >= 15 is 0 Å². The van der Waals surface area contributed by atoms with Crippen molar-refractivity contribution < 1.29 is 4.74 Å². The van der Waals surface area contributed by atoms with Gasteiger partial charge in [0, 0.05) is 22.6 Å². The maximum absolute atomic E-state index is 6.13. The van der Waals surface area contributed by atoms with E-state index in [1.54, 1.807) is 5.56 Å². The Labute approximate surface area is 174 Å². The fourth-order valence-electron chi connectivity index (χ4n) is 5.15. The summed E-state index contributed by atoms with van der Waals surface area (Å²) in [5, 5.41) is 0. The first-order valence-corrected chi connectivity index (χ1v) is 11.7. The van der Waals surface area contributed by atoms with E-state index in [-0.39, 0.29) is 0 Å². The summed E-state index contributed by atoms with van der Waals surface area (Å²) in [7, 11) is 0. The highest BCUT2D eigenvalue weighted by atomic mass is 32.2. The number of piperidine rings is 1. The molecule has 1 aromatic carbocycles. The molecule has 1 saturated carbocycles. The molecule has 2 nitrogen and oxygen atoms in total. The van der Waals surface area contributed by atoms with Crippen LogP contribution in [0.15, 0.2) is 66.1 Å². The average Bonchev–Trinajstić information content (AvgIpc) is 3.32. The number of benzene rings is 1. The Hall–Kier alpha value is -1.29. The summed E-state index contributed by atoms with van der Waals surface area (Å²) in [6.07, 6.45) is 12.4. The normalized spacial score (nSPS) is 27.1. The molecule has 0 amide bonds. The molecule has 1 aromatic rings. The number of ether oxygens (including phenoxy) is 1. The van der Waals surface area contributed by atoms with Gasteiger partial charge in [-0.25, -0.2) is 0 Å². The highest BCUT2D eigenvalue weighted by Gasteiger charge is 2.42. The van der Waals surface area contributed by atoms with Gasteiger partial charge in [0.05, 0.1) is 12.7 Å². The van der Waals surface area contributed by atoms with E-state index in [9.17, 15) is 0 Å². The van der Waals surface area contributed by atoms with Crippen LogP contribution in [0.3, 0.4) is 0 Å². The van der Waals surface area contributed by atoms with Crippen molar-refractivity contribution in [2.45, 2.75) is 48.5 Å². The lowest BCUT2D eigenvalue weighted by molar-refractivity contribution is 0.0700. The molecule has 2 fully saturated rings. The quantitative estimate of drug-likeness (QED) is 0.557. The molecule has 1 aliphatic carbocycles. The summed E-state index contributed by atoms with van der Waals surface area (Å²) in [6, 6.07) is 9.09. The molecule has 0 aromatic heterocycles. The molecule has 1 spiro atoms. The number of thioether (sulfide) groups is 1. The van der Waals surface area contributed by atoms with Gasteiger partial charge in [0.1, 0.15) is 0 Å². The Morgan fingerprint density at radius 3 is 2.82 bits per heavy atom. The fraction of sp³-hybridized carbons (Fsp3) is 0.520. The van der Waals surface area contributed by atoms with Gasteiger partial charge in [-0.15, -0.1) is 11.8 Å². The summed E-state index contributed by atoms with van der Waals surface area (Å²) >= 11 is 2.07. The Morgan fingerprint density at radius 1 is 1.21 bits per heavy atom. The van der Waals surface area contributed by atoms with Crippen molar-refractivity contribution in [1.29, 1.82) is 0 Å². The van der Waals surface area contributed by atoms with Crippen LogP contribution in [0.1, 0.15) is 37.7 Å². The molecule has 28 heavy (non-hydrogen) atoms. The zero-order valence-electron chi connectivity index (χ0n) is 16.9. The SMILES string of the molecule is C=C/C=C(\C=C)COC1CCC(CN2CCC3(CC2)CSc2ccccc23)C1. The molecule has 0 N–H and O–H groups in total. The average molecular weight is 396 g/mol. The number of fused-ring (bicyclic) bond motifs is 2. The number of hydrogen-bond donors (Lipinski definition) is 0. The summed E-state index contributed by atoms with van der Waals surface area (Å²) in [5.41, 5.74) is 3.19. The van der Waals surface area contributed by atoms with Crippen LogP contribution < -0.4 is 0 Å². The highest BCUT2D eigenvalue weighted by Crippen LogP contribution is 2.49. The first kappa shape index (κ1) is 20.0. The minimum Gasteiger partial charge on any atom is -0.374 e. The van der Waals surface area contributed by atoms with Crippen LogP contribution in [0, 0.1) is 5.92 Å². The minimum atomic E-state index is 0.410. The van der Waals surface area contributed by atoms with E-state index in [1.807, 2.05) is 18.2 Å². The van der Waals surface area contributed by atoms with Crippen LogP contribution in [0.5, 0.6) is 0 Å². The third-order valence-electron chi connectivity index (χ3n) is 6.86. The summed E-state index contributed by atoms with van der Waals surface area (Å²) < 4.78 is 6.13. The topological polar surface area (TPSA) is 12.5 Å². The second-order valence-electron chi connectivity index (χ2n) is 8.66. The second kappa shape index (κ2) is 9.02. The molecule has 2 atom stereocenters. The van der Waals surface area contributed by atoms with Crippen molar-refractivity contribution >= 4 is 11.8 Å². The van der Waals surface area contributed by atoms with Crippen molar-refractivity contribution in [2.24, 2.45) is 5.92 Å². The molecule has 150 valence electrons. The van der Waals surface area contributed by atoms with Crippen molar-refractivity contribution in [3.63, 3.8) is 0 Å². The van der Waals surface area contributed by atoms with E-state index < -0.39 is 0 Å². The molecule has 0 bridgehead atoms. The van der Waals surface area contributed by atoms with Crippen molar-refractivity contribution in [2.75, 3.05) is 32.0 Å². The third kappa shape index (κ3) is 4.32. The van der Waals surface area contributed by atoms with Crippen LogP contribution in [0.25, 0.3) is 0 Å². The Morgan fingerprint density at radius 2 is 2.04 bits per heavy atom. The van der Waals surface area contributed by atoms with Gasteiger partial charge in [-0.05, 0) is 68.3 Å². The number of allylic oxidation sites excluding steroid dienone is 2. The molecular formula is C25H33NOS. The van der Waals surface area contributed by atoms with Crippen LogP contribution in [-0.2, 0) is 10.2 Å². The van der Waals surface area contributed by atoms with E-state index in [2.05, 4.69) is 54.1 Å². The van der Waals surface area contributed by atoms with Crippen molar-refractivity contribution in [3.8, 4) is 0 Å². The standard InChI is InChI=1S/C25H33NOS/c1-3-7-20(4-2)18-27-22-11-10-21(16-22)17-26-14-12-25(13-15-26)19-28-24-9-6-5-8-23(24)25/h3-9,21-22H,1-2,10-19H2/b20-7+. The first-order valence-electron chi connectivity index (χ1n) is 10.7. The molecule has 4 rings (SSSR count). The number of nitrogens with zero attached hydrogens (tertiary/aromatic N) is 1. The smallest absolute Gasteiger partial charge is 0.0720 e. The van der Waals surface area contributed by atoms with Crippen LogP contribution in [-0.4, -0.2) is 43.0 Å². The molecule has 2 heterocycles. The van der Waals surface area contributed by atoms with Gasteiger partial charge in [-0.2, -0.15) is 0 Å². The number of likely N-dealkylation sites (tertiary alicyclic amines) is 1. The fourth-order valence-corrected chi connectivity index (χ4v) is 6.64. The lowest BCUT2D eigenvalue weighted by Crippen LogP contribution is -2.44. The van der Waals surface area contributed by atoms with E-state index in [1.165, 1.54) is 62.4 Å². The maximum Gasteiger partial charge on any atom is 0.0720 e. The zero-order chi connectivity index (χ0) is 19.4. The minimum absolute atomic E-state index is 0.410. The predicted octanol–water partition coefficient (Wildman–Crippen LogP) is 5.61. The van der Waals surface area contributed by atoms with Gasteiger partial charge in [-0.3, -0.25) is 0 Å². The van der Waals surface area contributed by atoms with Crippen molar-refractivity contribution in [3.05, 3.63) is 66.8 Å². The third-order valence-corrected chi connectivity index (χ3v) is 8.23. The predicted molar refractivity (Wildman–Crippen MR) is 120 cm³/mol. The van der Waals surface area contributed by atoms with Gasteiger partial charge in [-0.1, -0.05) is 49.6 Å². The number of hydrogen-bond acceptors (Lipinski definition) is 3. The van der Waals surface area contributed by atoms with Gasteiger partial charge in [0.25, 0.3) is 0 Å². The van der Waals surface area contributed by atoms with E-state index in [0.29, 0.717) is 18.1 Å². The molecule has 2 unspecified atom stereocenters. The largest absolute Gasteiger partial charge is 0.374 e. The molecular weight excluding hydrogens is 362 g/mol. The van der Waals surface area contributed by atoms with Crippen LogP contribution in [0.2, 0.25) is 0 Å². The molecule has 3 aliphatic rings. The number of rotatable bonds is 7.